The number of para-hydroxylation sites is 4. The fraction of sp³-hybridized carbons (Fsp3) is 0.0811. The number of fused-ring (bicyclic) bond motifs is 7. The number of allylic oxidation sites excluding steroid dienone is 1. The summed E-state index contributed by atoms with van der Waals surface area (Å²) in [5.41, 5.74) is 24.8. The first-order chi connectivity index (χ1) is 37.6. The van der Waals surface area contributed by atoms with Crippen LogP contribution in [0.5, 0.6) is 0 Å². The van der Waals surface area contributed by atoms with E-state index in [1.54, 1.807) is 0 Å². The quantitative estimate of drug-likeness (QED) is 0.147. The Morgan fingerprint density at radius 1 is 0.329 bits per heavy atom. The van der Waals surface area contributed by atoms with E-state index >= 15 is 0 Å². The molecular formula is C74H56N2. The molecule has 362 valence electrons. The molecule has 76 heavy (non-hydrogen) atoms. The topological polar surface area (TPSA) is 6.48 Å². The van der Waals surface area contributed by atoms with Crippen molar-refractivity contribution in [3.63, 3.8) is 0 Å². The first-order valence-electron chi connectivity index (χ1n) is 26.9. The molecule has 2 heterocycles. The lowest BCUT2D eigenvalue weighted by Gasteiger charge is -2.30. The number of nitrogens with zero attached hydrogens (tertiary/aromatic N) is 2. The molecule has 0 spiro atoms. The number of aryl methyl sites for hydroxylation is 5. The van der Waals surface area contributed by atoms with Crippen LogP contribution in [-0.2, 0) is 25.7 Å². The number of benzene rings is 12. The van der Waals surface area contributed by atoms with E-state index < -0.39 is 0 Å². The lowest BCUT2D eigenvalue weighted by Crippen LogP contribution is -2.12. The molecule has 12 aromatic rings. The SMILES string of the molecule is C/C=C\c1cc(-c2ccccc2)c(-c2c3ccc(N4c5ccccc5CCc5ccccc54)cc3c(-c3cc4ccccc4cc3-c3ccccc3)c3ccc(N4c5ccccc5CCc5ccccc54)cc23)cc1C. The van der Waals surface area contributed by atoms with Crippen LogP contribution in [0.3, 0.4) is 0 Å². The van der Waals surface area contributed by atoms with Crippen molar-refractivity contribution in [2.75, 3.05) is 9.80 Å². The molecule has 2 nitrogen and oxygen atoms in total. The summed E-state index contributed by atoms with van der Waals surface area (Å²) in [6.45, 7) is 4.39. The zero-order valence-corrected chi connectivity index (χ0v) is 43.0. The highest BCUT2D eigenvalue weighted by molar-refractivity contribution is 6.25. The van der Waals surface area contributed by atoms with Crippen LogP contribution in [0.1, 0.15) is 40.3 Å². The molecule has 0 saturated heterocycles. The van der Waals surface area contributed by atoms with E-state index in [0.717, 1.165) is 37.1 Å². The van der Waals surface area contributed by atoms with Crippen molar-refractivity contribution in [3.8, 4) is 44.5 Å². The van der Waals surface area contributed by atoms with Crippen LogP contribution in [0.15, 0.2) is 249 Å². The van der Waals surface area contributed by atoms with Gasteiger partial charge in [0.15, 0.2) is 0 Å². The summed E-state index contributed by atoms with van der Waals surface area (Å²) in [6, 6.07) is 91.5. The second-order valence-corrected chi connectivity index (χ2v) is 20.6. The maximum absolute atomic E-state index is 2.53. The van der Waals surface area contributed by atoms with E-state index in [4.69, 9.17) is 0 Å². The van der Waals surface area contributed by atoms with E-state index in [1.165, 1.54) is 133 Å². The smallest absolute Gasteiger partial charge is 0.0493 e. The third-order valence-electron chi connectivity index (χ3n) is 16.2. The van der Waals surface area contributed by atoms with Gasteiger partial charge in [-0.1, -0.05) is 188 Å². The van der Waals surface area contributed by atoms with Gasteiger partial charge in [0.2, 0.25) is 0 Å². The molecule has 0 radical (unpaired) electrons. The molecule has 0 fully saturated rings. The van der Waals surface area contributed by atoms with E-state index in [0.29, 0.717) is 0 Å². The highest BCUT2D eigenvalue weighted by Gasteiger charge is 2.28. The maximum Gasteiger partial charge on any atom is 0.0493 e. The highest BCUT2D eigenvalue weighted by atomic mass is 15.2. The van der Waals surface area contributed by atoms with Gasteiger partial charge in [-0.05, 0) is 216 Å². The van der Waals surface area contributed by atoms with Gasteiger partial charge < -0.3 is 9.80 Å². The number of anilines is 6. The Morgan fingerprint density at radius 3 is 1.13 bits per heavy atom. The first-order valence-corrected chi connectivity index (χ1v) is 26.9. The molecule has 2 aliphatic heterocycles. The van der Waals surface area contributed by atoms with Gasteiger partial charge in [0.25, 0.3) is 0 Å². The predicted molar refractivity (Wildman–Crippen MR) is 324 cm³/mol. The van der Waals surface area contributed by atoms with E-state index in [9.17, 15) is 0 Å². The van der Waals surface area contributed by atoms with Crippen LogP contribution in [-0.4, -0.2) is 0 Å². The van der Waals surface area contributed by atoms with Crippen molar-refractivity contribution in [2.45, 2.75) is 39.5 Å². The molecule has 0 atom stereocenters. The molecule has 0 N–H and O–H groups in total. The number of hydrogen-bond acceptors (Lipinski definition) is 2. The van der Waals surface area contributed by atoms with Gasteiger partial charge in [0, 0.05) is 34.1 Å². The predicted octanol–water partition coefficient (Wildman–Crippen LogP) is 20.3. The minimum atomic E-state index is 0.980. The second kappa shape index (κ2) is 18.9. The van der Waals surface area contributed by atoms with Crippen molar-refractivity contribution in [3.05, 3.63) is 282 Å². The molecule has 2 heteroatoms. The summed E-state index contributed by atoms with van der Waals surface area (Å²) in [6.07, 6.45) is 8.34. The zero-order chi connectivity index (χ0) is 50.7. The summed E-state index contributed by atoms with van der Waals surface area (Å²) >= 11 is 0. The Balaban J connectivity index is 1.17. The summed E-state index contributed by atoms with van der Waals surface area (Å²) in [5.74, 6) is 0. The molecule has 0 amide bonds. The van der Waals surface area contributed by atoms with Crippen LogP contribution in [0.25, 0.3) is 82.9 Å². The fourth-order valence-corrected chi connectivity index (χ4v) is 12.6. The van der Waals surface area contributed by atoms with Crippen LogP contribution in [0.4, 0.5) is 34.1 Å². The summed E-state index contributed by atoms with van der Waals surface area (Å²) in [7, 11) is 0. The number of rotatable bonds is 7. The third kappa shape index (κ3) is 7.71. The summed E-state index contributed by atoms with van der Waals surface area (Å²) in [4.78, 5) is 5.07. The lowest BCUT2D eigenvalue weighted by atomic mass is 9.80. The highest BCUT2D eigenvalue weighted by Crippen LogP contribution is 2.53. The lowest BCUT2D eigenvalue weighted by molar-refractivity contribution is 0.977. The van der Waals surface area contributed by atoms with Crippen molar-refractivity contribution >= 4 is 72.5 Å². The zero-order valence-electron chi connectivity index (χ0n) is 43.0. The Morgan fingerprint density at radius 2 is 0.697 bits per heavy atom. The van der Waals surface area contributed by atoms with Crippen molar-refractivity contribution < 1.29 is 0 Å². The van der Waals surface area contributed by atoms with Gasteiger partial charge in [-0.15, -0.1) is 0 Å². The summed E-state index contributed by atoms with van der Waals surface area (Å²) < 4.78 is 0. The monoisotopic (exact) mass is 972 g/mol. The van der Waals surface area contributed by atoms with Crippen LogP contribution in [0.2, 0.25) is 0 Å². The Labute approximate surface area is 446 Å². The summed E-state index contributed by atoms with van der Waals surface area (Å²) in [5, 5.41) is 7.26. The van der Waals surface area contributed by atoms with Gasteiger partial charge in [-0.2, -0.15) is 0 Å². The Hall–Kier alpha value is -9.24. The molecule has 12 aromatic carbocycles. The molecule has 0 aliphatic carbocycles. The van der Waals surface area contributed by atoms with Crippen molar-refractivity contribution in [2.24, 2.45) is 0 Å². The van der Waals surface area contributed by atoms with E-state index in [-0.39, 0.29) is 0 Å². The molecule has 2 aliphatic rings. The van der Waals surface area contributed by atoms with Gasteiger partial charge in [-0.3, -0.25) is 0 Å². The maximum atomic E-state index is 2.53. The van der Waals surface area contributed by atoms with E-state index in [2.05, 4.69) is 278 Å². The molecule has 0 aromatic heterocycles. The van der Waals surface area contributed by atoms with Crippen LogP contribution in [0, 0.1) is 6.92 Å². The Bertz CT molecular complexity index is 4170. The minimum absolute atomic E-state index is 0.980. The normalized spacial score (nSPS) is 13.1. The van der Waals surface area contributed by atoms with Crippen LogP contribution < -0.4 is 9.80 Å². The molecule has 0 unspecified atom stereocenters. The van der Waals surface area contributed by atoms with Crippen molar-refractivity contribution in [1.82, 2.24) is 0 Å². The first kappa shape index (κ1) is 45.4. The third-order valence-corrected chi connectivity index (χ3v) is 16.2. The fourth-order valence-electron chi connectivity index (χ4n) is 12.6. The molecular weight excluding hydrogens is 917 g/mol. The van der Waals surface area contributed by atoms with E-state index in [1.807, 2.05) is 0 Å². The number of hydrogen-bond donors (Lipinski definition) is 0. The standard InChI is InChI=1S/C74H56N2/c1-3-20-56-44-63(50-21-6-4-7-22-50)65(43-49(56)2)73-61-41-39-60(76-71-33-18-14-27-54(71)37-38-55-28-15-19-34-72(55)76)48-68(61)74(66-46-58-30-11-10-29-57(58)45-64(66)51-23-8-5-9-24-51)62-42-40-59(47-67(62)73)75-69-31-16-12-25-52(69)35-36-53-26-13-17-32-70(53)75/h3-34,39-48H,35-38H2,1-2H3/b20-3-. The van der Waals surface area contributed by atoms with Crippen molar-refractivity contribution in [1.29, 1.82) is 0 Å². The van der Waals surface area contributed by atoms with Gasteiger partial charge in [-0.25, -0.2) is 0 Å². The molecule has 0 bridgehead atoms. The van der Waals surface area contributed by atoms with Gasteiger partial charge in [0.05, 0.1) is 0 Å². The average Bonchev–Trinajstić information content (AvgIpc) is 3.76. The average molecular weight is 973 g/mol. The largest absolute Gasteiger partial charge is 0.310 e. The molecule has 0 saturated carbocycles. The minimum Gasteiger partial charge on any atom is -0.310 e. The Kier molecular flexibility index (Phi) is 11.3. The van der Waals surface area contributed by atoms with Gasteiger partial charge in [0.1, 0.15) is 0 Å². The molecule has 14 rings (SSSR count). The second-order valence-electron chi connectivity index (χ2n) is 20.6. The van der Waals surface area contributed by atoms with Gasteiger partial charge >= 0.3 is 0 Å². The van der Waals surface area contributed by atoms with Crippen LogP contribution >= 0.6 is 0 Å².